The minimum Gasteiger partial charge on any atom is -0.476 e. The van der Waals surface area contributed by atoms with E-state index in [-0.39, 0.29) is 4.60 Å². The molecule has 0 unspecified atom stereocenters. The molecule has 0 aromatic carbocycles. The lowest BCUT2D eigenvalue weighted by Crippen LogP contribution is -2.19. The van der Waals surface area contributed by atoms with Crippen molar-refractivity contribution in [3.63, 3.8) is 0 Å². The highest BCUT2D eigenvalue weighted by Gasteiger charge is 2.30. The van der Waals surface area contributed by atoms with Gasteiger partial charge in [-0.25, -0.2) is 0 Å². The highest BCUT2D eigenvalue weighted by molar-refractivity contribution is 9.10. The smallest absolute Gasteiger partial charge is 0.422 e. The molecule has 0 saturated heterocycles. The van der Waals surface area contributed by atoms with Crippen molar-refractivity contribution < 1.29 is 22.8 Å². The van der Waals surface area contributed by atoms with Crippen LogP contribution in [0.5, 0.6) is 5.75 Å². The van der Waals surface area contributed by atoms with Crippen LogP contribution in [-0.2, 0) is 0 Å². The Morgan fingerprint density at radius 3 is 2.62 bits per heavy atom. The van der Waals surface area contributed by atoms with Crippen molar-refractivity contribution >= 4 is 21.7 Å². The standard InChI is InChI=1S/C7H4BrF3N2O3/c8-5-2-1-4(6(12-5)13(14)15)16-3-7(9,10)11/h1-2H,3H2. The molecule has 0 aliphatic carbocycles. The summed E-state index contributed by atoms with van der Waals surface area (Å²) in [5.74, 6) is -1.29. The summed E-state index contributed by atoms with van der Waals surface area (Å²) in [5.41, 5.74) is 0. The Hall–Kier alpha value is -1.38. The van der Waals surface area contributed by atoms with E-state index in [0.717, 1.165) is 6.07 Å². The van der Waals surface area contributed by atoms with E-state index in [1.807, 2.05) is 0 Å². The molecule has 1 aromatic heterocycles. The van der Waals surface area contributed by atoms with Crippen molar-refractivity contribution in [3.05, 3.63) is 26.9 Å². The Morgan fingerprint density at radius 2 is 2.12 bits per heavy atom. The van der Waals surface area contributed by atoms with Gasteiger partial charge in [0, 0.05) is 22.0 Å². The molecule has 88 valence electrons. The zero-order chi connectivity index (χ0) is 12.3. The molecule has 1 heterocycles. The molecule has 9 heteroatoms. The highest BCUT2D eigenvalue weighted by Crippen LogP contribution is 2.28. The zero-order valence-electron chi connectivity index (χ0n) is 7.49. The van der Waals surface area contributed by atoms with Gasteiger partial charge in [0.25, 0.3) is 0 Å². The molecule has 1 rings (SSSR count). The van der Waals surface area contributed by atoms with E-state index < -0.39 is 29.3 Å². The lowest BCUT2D eigenvalue weighted by atomic mass is 10.4. The van der Waals surface area contributed by atoms with Crippen molar-refractivity contribution in [1.82, 2.24) is 4.98 Å². The first-order chi connectivity index (χ1) is 7.29. The third-order valence-corrected chi connectivity index (χ3v) is 1.81. The third kappa shape index (κ3) is 3.65. The molecule has 0 aliphatic rings. The summed E-state index contributed by atoms with van der Waals surface area (Å²) in [5, 5.41) is 10.5. The number of hydrogen-bond donors (Lipinski definition) is 0. The quantitative estimate of drug-likeness (QED) is 0.489. The van der Waals surface area contributed by atoms with E-state index in [2.05, 4.69) is 25.7 Å². The summed E-state index contributed by atoms with van der Waals surface area (Å²) in [6.45, 7) is -1.60. The van der Waals surface area contributed by atoms with E-state index in [9.17, 15) is 23.3 Å². The fourth-order valence-corrected chi connectivity index (χ4v) is 1.12. The van der Waals surface area contributed by atoms with Crippen LogP contribution in [-0.4, -0.2) is 22.7 Å². The molecule has 16 heavy (non-hydrogen) atoms. The van der Waals surface area contributed by atoms with Crippen LogP contribution in [0.4, 0.5) is 19.0 Å². The molecule has 0 saturated carbocycles. The highest BCUT2D eigenvalue weighted by atomic mass is 79.9. The molecule has 0 amide bonds. The fourth-order valence-electron chi connectivity index (χ4n) is 0.816. The van der Waals surface area contributed by atoms with Gasteiger partial charge in [-0.3, -0.25) is 0 Å². The maximum atomic E-state index is 11.8. The van der Waals surface area contributed by atoms with E-state index in [1.165, 1.54) is 6.07 Å². The normalized spacial score (nSPS) is 11.2. The Kier molecular flexibility index (Phi) is 3.68. The topological polar surface area (TPSA) is 65.3 Å². The lowest BCUT2D eigenvalue weighted by molar-refractivity contribution is -0.390. The van der Waals surface area contributed by atoms with Crippen LogP contribution in [0.15, 0.2) is 16.7 Å². The minimum atomic E-state index is -4.55. The van der Waals surface area contributed by atoms with Gasteiger partial charge in [-0.2, -0.15) is 13.2 Å². The van der Waals surface area contributed by atoms with Crippen molar-refractivity contribution in [2.75, 3.05) is 6.61 Å². The molecule has 0 radical (unpaired) electrons. The van der Waals surface area contributed by atoms with Gasteiger partial charge in [0.2, 0.25) is 10.4 Å². The first-order valence-corrected chi connectivity index (χ1v) is 4.59. The van der Waals surface area contributed by atoms with E-state index in [4.69, 9.17) is 0 Å². The third-order valence-electron chi connectivity index (χ3n) is 1.37. The van der Waals surface area contributed by atoms with Gasteiger partial charge in [0.15, 0.2) is 6.61 Å². The Morgan fingerprint density at radius 1 is 1.50 bits per heavy atom. The van der Waals surface area contributed by atoms with Crippen LogP contribution in [0.25, 0.3) is 0 Å². The lowest BCUT2D eigenvalue weighted by Gasteiger charge is -2.08. The van der Waals surface area contributed by atoms with E-state index in [1.54, 1.807) is 0 Å². The molecular formula is C7H4BrF3N2O3. The Balaban J connectivity index is 2.91. The summed E-state index contributed by atoms with van der Waals surface area (Å²) in [6.07, 6.45) is -4.55. The summed E-state index contributed by atoms with van der Waals surface area (Å²) < 4.78 is 39.9. The number of aromatic nitrogens is 1. The average molecular weight is 301 g/mol. The minimum absolute atomic E-state index is 0.138. The van der Waals surface area contributed by atoms with Crippen LogP contribution >= 0.6 is 15.9 Å². The second kappa shape index (κ2) is 4.64. The van der Waals surface area contributed by atoms with Gasteiger partial charge >= 0.3 is 12.0 Å². The first kappa shape index (κ1) is 12.7. The molecular weight excluding hydrogens is 297 g/mol. The number of alkyl halides is 3. The Bertz CT molecular complexity index is 410. The molecule has 0 aliphatic heterocycles. The predicted octanol–water partition coefficient (Wildman–Crippen LogP) is 2.69. The van der Waals surface area contributed by atoms with Crippen molar-refractivity contribution in [3.8, 4) is 5.75 Å². The Labute approximate surface area is 95.5 Å². The van der Waals surface area contributed by atoms with Crippen LogP contribution in [0.1, 0.15) is 0 Å². The average Bonchev–Trinajstić information content (AvgIpc) is 2.14. The van der Waals surface area contributed by atoms with Crippen molar-refractivity contribution in [2.45, 2.75) is 6.18 Å². The van der Waals surface area contributed by atoms with E-state index >= 15 is 0 Å². The van der Waals surface area contributed by atoms with Crippen LogP contribution in [0.2, 0.25) is 0 Å². The fraction of sp³-hybridized carbons (Fsp3) is 0.286. The largest absolute Gasteiger partial charge is 0.476 e. The van der Waals surface area contributed by atoms with Gasteiger partial charge in [-0.1, -0.05) is 0 Å². The number of nitro groups is 1. The van der Waals surface area contributed by atoms with Crippen molar-refractivity contribution in [2.24, 2.45) is 0 Å². The molecule has 1 aromatic rings. The molecule has 0 fully saturated rings. The monoisotopic (exact) mass is 300 g/mol. The second-order valence-electron chi connectivity index (χ2n) is 2.62. The summed E-state index contributed by atoms with van der Waals surface area (Å²) in [4.78, 5) is 12.9. The second-order valence-corrected chi connectivity index (χ2v) is 3.43. The number of pyridine rings is 1. The van der Waals surface area contributed by atoms with Gasteiger partial charge < -0.3 is 14.9 Å². The first-order valence-electron chi connectivity index (χ1n) is 3.80. The zero-order valence-corrected chi connectivity index (χ0v) is 9.08. The molecule has 0 bridgehead atoms. The summed E-state index contributed by atoms with van der Waals surface area (Å²) >= 11 is 2.86. The maximum absolute atomic E-state index is 11.8. The van der Waals surface area contributed by atoms with E-state index in [0.29, 0.717) is 0 Å². The predicted molar refractivity (Wildman–Crippen MR) is 50.1 cm³/mol. The van der Waals surface area contributed by atoms with Gasteiger partial charge in [0.1, 0.15) is 0 Å². The van der Waals surface area contributed by atoms with Gasteiger partial charge in [-0.15, -0.1) is 0 Å². The van der Waals surface area contributed by atoms with Gasteiger partial charge in [0.05, 0.1) is 0 Å². The van der Waals surface area contributed by atoms with Crippen molar-refractivity contribution in [1.29, 1.82) is 0 Å². The van der Waals surface area contributed by atoms with Crippen LogP contribution in [0, 0.1) is 10.1 Å². The molecule has 0 spiro atoms. The van der Waals surface area contributed by atoms with Crippen LogP contribution in [0.3, 0.4) is 0 Å². The number of halogens is 4. The SMILES string of the molecule is O=[N+]([O-])c1nc(Br)ccc1OCC(F)(F)F. The number of rotatable bonds is 3. The summed E-state index contributed by atoms with van der Waals surface area (Å²) in [7, 11) is 0. The molecule has 0 N–H and O–H groups in total. The number of ether oxygens (including phenoxy) is 1. The summed E-state index contributed by atoms with van der Waals surface area (Å²) in [6, 6.07) is 2.29. The molecule has 0 atom stereocenters. The number of nitrogens with zero attached hydrogens (tertiary/aromatic N) is 2. The number of hydrogen-bond acceptors (Lipinski definition) is 4. The van der Waals surface area contributed by atoms with Crippen LogP contribution < -0.4 is 4.74 Å². The molecule has 5 nitrogen and oxygen atoms in total. The maximum Gasteiger partial charge on any atom is 0.422 e. The van der Waals surface area contributed by atoms with Gasteiger partial charge in [-0.05, 0) is 16.0 Å².